The third kappa shape index (κ3) is 3.49. The highest BCUT2D eigenvalue weighted by Crippen LogP contribution is 2.24. The molecule has 2 N–H and O–H groups in total. The highest BCUT2D eigenvalue weighted by atomic mass is 16.1. The minimum Gasteiger partial charge on any atom is -0.352 e. The number of nitrogens with one attached hydrogen (secondary N) is 2. The number of carbonyl (C=O) groups is 1. The molecule has 1 aliphatic rings. The second-order valence-corrected chi connectivity index (χ2v) is 8.22. The van der Waals surface area contributed by atoms with Crippen molar-refractivity contribution in [3.63, 3.8) is 0 Å². The fraction of sp³-hybridized carbons (Fsp3) is 0.292. The van der Waals surface area contributed by atoms with Crippen molar-refractivity contribution in [2.24, 2.45) is 5.92 Å². The number of amides is 1. The predicted molar refractivity (Wildman–Crippen MR) is 117 cm³/mol. The Morgan fingerprint density at radius 1 is 1.20 bits per heavy atom. The van der Waals surface area contributed by atoms with Gasteiger partial charge in [0, 0.05) is 42.9 Å². The molecule has 30 heavy (non-hydrogen) atoms. The molecule has 152 valence electrons. The fourth-order valence-electron chi connectivity index (χ4n) is 4.11. The van der Waals surface area contributed by atoms with Crippen LogP contribution in [0.5, 0.6) is 0 Å². The number of hydrogen-bond donors (Lipinski definition) is 2. The first-order chi connectivity index (χ1) is 14.6. The van der Waals surface area contributed by atoms with E-state index in [9.17, 15) is 4.79 Å². The number of benzene rings is 2. The highest BCUT2D eigenvalue weighted by molar-refractivity contribution is 5.81. The van der Waals surface area contributed by atoms with E-state index < -0.39 is 0 Å². The zero-order valence-corrected chi connectivity index (χ0v) is 17.3. The summed E-state index contributed by atoms with van der Waals surface area (Å²) in [6, 6.07) is 12.5. The van der Waals surface area contributed by atoms with Gasteiger partial charge in [0.1, 0.15) is 5.82 Å². The van der Waals surface area contributed by atoms with Gasteiger partial charge in [0.15, 0.2) is 0 Å². The molecule has 0 saturated heterocycles. The molecule has 6 nitrogen and oxygen atoms in total. The van der Waals surface area contributed by atoms with Crippen LogP contribution in [0.3, 0.4) is 0 Å². The molecule has 5 rings (SSSR count). The number of hydrogen-bond acceptors (Lipinski definition) is 3. The third-order valence-electron chi connectivity index (χ3n) is 6.13. The van der Waals surface area contributed by atoms with Crippen LogP contribution >= 0.6 is 0 Å². The maximum atomic E-state index is 12.6. The van der Waals surface area contributed by atoms with E-state index >= 15 is 0 Å². The molecular formula is C24H25N5O. The van der Waals surface area contributed by atoms with Crippen molar-refractivity contribution in [2.45, 2.75) is 39.8 Å². The van der Waals surface area contributed by atoms with Gasteiger partial charge in [-0.2, -0.15) is 0 Å². The number of aryl methyl sites for hydroxylation is 3. The van der Waals surface area contributed by atoms with Crippen molar-refractivity contribution in [1.82, 2.24) is 24.8 Å². The summed E-state index contributed by atoms with van der Waals surface area (Å²) >= 11 is 0. The average molecular weight is 399 g/mol. The van der Waals surface area contributed by atoms with E-state index in [1.54, 1.807) is 0 Å². The Hall–Kier alpha value is -3.41. The molecule has 0 spiro atoms. The molecule has 0 aliphatic carbocycles. The number of rotatable bonds is 4. The normalized spacial score (nSPS) is 15.9. The Labute approximate surface area is 175 Å². The van der Waals surface area contributed by atoms with Crippen LogP contribution in [0, 0.1) is 19.8 Å². The molecule has 1 atom stereocenters. The first-order valence-corrected chi connectivity index (χ1v) is 10.4. The van der Waals surface area contributed by atoms with Crippen molar-refractivity contribution < 1.29 is 4.79 Å². The van der Waals surface area contributed by atoms with Crippen LogP contribution in [0.1, 0.15) is 28.8 Å². The quantitative estimate of drug-likeness (QED) is 0.546. The van der Waals surface area contributed by atoms with Crippen LogP contribution in [-0.2, 0) is 24.3 Å². The first kappa shape index (κ1) is 18.6. The molecule has 4 aromatic rings. The number of nitrogens with zero attached hydrogens (tertiary/aromatic N) is 3. The maximum Gasteiger partial charge on any atom is 0.223 e. The Kier molecular flexibility index (Phi) is 4.62. The second kappa shape index (κ2) is 7.44. The summed E-state index contributed by atoms with van der Waals surface area (Å²) in [5.41, 5.74) is 7.80. The summed E-state index contributed by atoms with van der Waals surface area (Å²) in [7, 11) is 0. The lowest BCUT2D eigenvalue weighted by Crippen LogP contribution is -2.34. The molecule has 2 aromatic carbocycles. The van der Waals surface area contributed by atoms with E-state index in [1.165, 1.54) is 11.1 Å². The molecule has 0 radical (unpaired) electrons. The fourth-order valence-corrected chi connectivity index (χ4v) is 4.11. The lowest BCUT2D eigenvalue weighted by atomic mass is 9.95. The monoisotopic (exact) mass is 399 g/mol. The van der Waals surface area contributed by atoms with Crippen molar-refractivity contribution in [2.75, 3.05) is 0 Å². The molecule has 0 fully saturated rings. The molecule has 0 bridgehead atoms. The van der Waals surface area contributed by atoms with Crippen LogP contribution in [0.4, 0.5) is 0 Å². The maximum absolute atomic E-state index is 12.6. The zero-order valence-electron chi connectivity index (χ0n) is 17.3. The van der Waals surface area contributed by atoms with Crippen molar-refractivity contribution in [1.29, 1.82) is 0 Å². The Morgan fingerprint density at radius 3 is 2.83 bits per heavy atom. The van der Waals surface area contributed by atoms with Gasteiger partial charge in [0.05, 0.1) is 17.4 Å². The number of fused-ring (bicyclic) bond motifs is 2. The lowest BCUT2D eigenvalue weighted by molar-refractivity contribution is -0.125. The minimum atomic E-state index is 0.0240. The van der Waals surface area contributed by atoms with E-state index in [1.807, 2.05) is 12.5 Å². The highest BCUT2D eigenvalue weighted by Gasteiger charge is 2.24. The van der Waals surface area contributed by atoms with E-state index in [-0.39, 0.29) is 11.8 Å². The van der Waals surface area contributed by atoms with E-state index in [2.05, 4.69) is 70.1 Å². The Balaban J connectivity index is 1.24. The van der Waals surface area contributed by atoms with Gasteiger partial charge in [-0.3, -0.25) is 4.79 Å². The van der Waals surface area contributed by atoms with Crippen LogP contribution < -0.4 is 5.32 Å². The second-order valence-electron chi connectivity index (χ2n) is 8.22. The SMILES string of the molecule is Cc1cc2nc(-c3ccc(CNC(=O)[C@H]4CCn5cncc5C4)cc3)[nH]c2cc1C. The summed E-state index contributed by atoms with van der Waals surface area (Å²) in [6.45, 7) is 5.61. The molecule has 1 amide bonds. The van der Waals surface area contributed by atoms with Crippen molar-refractivity contribution >= 4 is 16.9 Å². The summed E-state index contributed by atoms with van der Waals surface area (Å²) in [4.78, 5) is 24.9. The van der Waals surface area contributed by atoms with Gasteiger partial charge in [-0.1, -0.05) is 24.3 Å². The molecule has 2 aromatic heterocycles. The van der Waals surface area contributed by atoms with Crippen LogP contribution in [0.2, 0.25) is 0 Å². The Morgan fingerprint density at radius 2 is 2.00 bits per heavy atom. The number of carbonyl (C=O) groups excluding carboxylic acids is 1. The standard InChI is InChI=1S/C24H25N5O/c1-15-9-21-22(10-16(15)2)28-23(27-21)18-5-3-17(4-6-18)12-26-24(30)19-7-8-29-14-25-13-20(29)11-19/h3-6,9-10,13-14,19H,7-8,11-12H2,1-2H3,(H,26,30)(H,27,28)/t19-/m0/s1. The number of imidazole rings is 2. The topological polar surface area (TPSA) is 75.6 Å². The van der Waals surface area contributed by atoms with Gasteiger partial charge in [0.2, 0.25) is 5.91 Å². The average Bonchev–Trinajstić information content (AvgIpc) is 3.39. The lowest BCUT2D eigenvalue weighted by Gasteiger charge is -2.23. The molecule has 0 saturated carbocycles. The van der Waals surface area contributed by atoms with E-state index in [0.717, 1.165) is 53.1 Å². The van der Waals surface area contributed by atoms with Gasteiger partial charge in [0.25, 0.3) is 0 Å². The first-order valence-electron chi connectivity index (χ1n) is 10.4. The minimum absolute atomic E-state index is 0.0240. The van der Waals surface area contributed by atoms with Crippen LogP contribution in [-0.4, -0.2) is 25.4 Å². The number of aromatic amines is 1. The van der Waals surface area contributed by atoms with Crippen molar-refractivity contribution in [3.05, 3.63) is 71.3 Å². The Bertz CT molecular complexity index is 1180. The van der Waals surface area contributed by atoms with Gasteiger partial charge < -0.3 is 14.9 Å². The molecule has 0 unspecified atom stereocenters. The van der Waals surface area contributed by atoms with Gasteiger partial charge in [-0.15, -0.1) is 0 Å². The smallest absolute Gasteiger partial charge is 0.223 e. The molecule has 3 heterocycles. The van der Waals surface area contributed by atoms with Crippen molar-refractivity contribution in [3.8, 4) is 11.4 Å². The molecule has 6 heteroatoms. The number of aromatic nitrogens is 4. The van der Waals surface area contributed by atoms with Crippen LogP contribution in [0.25, 0.3) is 22.4 Å². The van der Waals surface area contributed by atoms with Gasteiger partial charge in [-0.05, 0) is 49.1 Å². The van der Waals surface area contributed by atoms with Crippen LogP contribution in [0.15, 0.2) is 48.9 Å². The number of H-pyrrole nitrogens is 1. The summed E-state index contributed by atoms with van der Waals surface area (Å²) in [6.07, 6.45) is 5.32. The van der Waals surface area contributed by atoms with E-state index in [4.69, 9.17) is 4.98 Å². The summed E-state index contributed by atoms with van der Waals surface area (Å²) in [5, 5.41) is 3.09. The van der Waals surface area contributed by atoms with E-state index in [0.29, 0.717) is 6.54 Å². The zero-order chi connectivity index (χ0) is 20.7. The van der Waals surface area contributed by atoms with Gasteiger partial charge in [-0.25, -0.2) is 9.97 Å². The summed E-state index contributed by atoms with van der Waals surface area (Å²) < 4.78 is 2.13. The largest absolute Gasteiger partial charge is 0.352 e. The third-order valence-corrected chi connectivity index (χ3v) is 6.13. The predicted octanol–water partition coefficient (Wildman–Crippen LogP) is 3.92. The summed E-state index contributed by atoms with van der Waals surface area (Å²) in [5.74, 6) is 1.01. The molecule has 1 aliphatic heterocycles. The molecular weight excluding hydrogens is 374 g/mol. The van der Waals surface area contributed by atoms with Gasteiger partial charge >= 0.3 is 0 Å².